The third-order valence-corrected chi connectivity index (χ3v) is 7.16. The third kappa shape index (κ3) is 7.79. The molecular formula is C30H39F2N5O3. The largest absolute Gasteiger partial charge is 0.391 e. The van der Waals surface area contributed by atoms with E-state index >= 15 is 0 Å². The maximum Gasteiger partial charge on any atom is 0.249 e. The highest BCUT2D eigenvalue weighted by Gasteiger charge is 2.48. The number of primary amides is 1. The Hall–Kier alpha value is -3.50. The van der Waals surface area contributed by atoms with E-state index in [2.05, 4.69) is 15.3 Å². The van der Waals surface area contributed by atoms with Gasteiger partial charge < -0.3 is 21.1 Å². The highest BCUT2D eigenvalue weighted by Crippen LogP contribution is 2.44. The van der Waals surface area contributed by atoms with E-state index in [1.54, 1.807) is 42.6 Å². The van der Waals surface area contributed by atoms with Crippen LogP contribution in [-0.2, 0) is 22.6 Å². The van der Waals surface area contributed by atoms with Gasteiger partial charge in [0.2, 0.25) is 11.8 Å². The third-order valence-electron chi connectivity index (χ3n) is 7.16. The molecule has 1 unspecified atom stereocenters. The molecule has 4 N–H and O–H groups in total. The molecule has 10 heteroatoms. The molecule has 0 radical (unpaired) electrons. The molecule has 0 saturated heterocycles. The van der Waals surface area contributed by atoms with E-state index in [1.807, 2.05) is 13.8 Å². The Balaban J connectivity index is 1.99. The summed E-state index contributed by atoms with van der Waals surface area (Å²) < 4.78 is 28.3. The lowest BCUT2D eigenvalue weighted by Gasteiger charge is -2.42. The van der Waals surface area contributed by atoms with Crippen LogP contribution in [0.25, 0.3) is 0 Å². The Morgan fingerprint density at radius 2 is 1.82 bits per heavy atom. The van der Waals surface area contributed by atoms with Gasteiger partial charge in [0.15, 0.2) is 0 Å². The van der Waals surface area contributed by atoms with E-state index in [9.17, 15) is 23.5 Å². The SMILES string of the molecule is CCCN(CCC)C(=O)C1=CC(C)=CC(C(N)=O)([C@H](Cc2cc(F)cc(F)c2)[C@@H](O)CNCc2cnccn2)C1. The van der Waals surface area contributed by atoms with Gasteiger partial charge in [-0.05, 0) is 50.3 Å². The number of nitrogens with two attached hydrogens (primary N) is 1. The Morgan fingerprint density at radius 3 is 2.40 bits per heavy atom. The van der Waals surface area contributed by atoms with Crippen molar-refractivity contribution in [3.8, 4) is 0 Å². The molecule has 1 aliphatic rings. The van der Waals surface area contributed by atoms with Gasteiger partial charge in [-0.1, -0.05) is 31.6 Å². The Morgan fingerprint density at radius 1 is 1.15 bits per heavy atom. The second-order valence-corrected chi connectivity index (χ2v) is 10.4. The van der Waals surface area contributed by atoms with Crippen molar-refractivity contribution in [3.63, 3.8) is 0 Å². The molecule has 0 saturated carbocycles. The van der Waals surface area contributed by atoms with E-state index in [4.69, 9.17) is 5.73 Å². The topological polar surface area (TPSA) is 121 Å². The van der Waals surface area contributed by atoms with Crippen molar-refractivity contribution in [2.45, 2.75) is 59.1 Å². The molecular weight excluding hydrogens is 516 g/mol. The Labute approximate surface area is 234 Å². The van der Waals surface area contributed by atoms with Crippen molar-refractivity contribution in [2.75, 3.05) is 19.6 Å². The number of carbonyl (C=O) groups is 2. The summed E-state index contributed by atoms with van der Waals surface area (Å²) in [5.74, 6) is -3.35. The predicted octanol–water partition coefficient (Wildman–Crippen LogP) is 3.46. The van der Waals surface area contributed by atoms with Gasteiger partial charge in [0.05, 0.1) is 17.2 Å². The van der Waals surface area contributed by atoms with Gasteiger partial charge in [0, 0.05) is 62.3 Å². The highest BCUT2D eigenvalue weighted by atomic mass is 19.1. The van der Waals surface area contributed by atoms with Gasteiger partial charge in [-0.25, -0.2) is 8.78 Å². The number of hydrogen-bond donors (Lipinski definition) is 3. The van der Waals surface area contributed by atoms with Crippen molar-refractivity contribution in [1.29, 1.82) is 0 Å². The van der Waals surface area contributed by atoms with Crippen LogP contribution in [0, 0.1) is 23.0 Å². The van der Waals surface area contributed by atoms with Crippen LogP contribution in [-0.4, -0.2) is 57.5 Å². The number of nitrogens with zero attached hydrogens (tertiary/aromatic N) is 3. The number of carbonyl (C=O) groups excluding carboxylic acids is 2. The van der Waals surface area contributed by atoms with Crippen LogP contribution in [0.5, 0.6) is 0 Å². The molecule has 2 amide bonds. The smallest absolute Gasteiger partial charge is 0.249 e. The van der Waals surface area contributed by atoms with Crippen LogP contribution >= 0.6 is 0 Å². The number of aliphatic hydroxyl groups excluding tert-OH is 1. The summed E-state index contributed by atoms with van der Waals surface area (Å²) in [5.41, 5.74) is 6.56. The molecule has 0 spiro atoms. The second-order valence-electron chi connectivity index (χ2n) is 10.4. The zero-order chi connectivity index (χ0) is 29.3. The summed E-state index contributed by atoms with van der Waals surface area (Å²) in [6.45, 7) is 7.22. The van der Waals surface area contributed by atoms with Gasteiger partial charge >= 0.3 is 0 Å². The van der Waals surface area contributed by atoms with Crippen LogP contribution in [0.3, 0.4) is 0 Å². The maximum atomic E-state index is 14.1. The molecule has 3 rings (SSSR count). The number of aliphatic hydroxyl groups is 1. The molecule has 40 heavy (non-hydrogen) atoms. The van der Waals surface area contributed by atoms with E-state index < -0.39 is 35.0 Å². The molecule has 0 fully saturated rings. The zero-order valence-electron chi connectivity index (χ0n) is 23.4. The number of hydrogen-bond acceptors (Lipinski definition) is 6. The van der Waals surface area contributed by atoms with E-state index in [0.717, 1.165) is 18.9 Å². The molecule has 216 valence electrons. The van der Waals surface area contributed by atoms with Crippen LogP contribution in [0.2, 0.25) is 0 Å². The first-order valence-electron chi connectivity index (χ1n) is 13.7. The lowest BCUT2D eigenvalue weighted by molar-refractivity contribution is -0.132. The first-order chi connectivity index (χ1) is 19.1. The van der Waals surface area contributed by atoms with E-state index in [1.165, 1.54) is 12.1 Å². The van der Waals surface area contributed by atoms with E-state index in [-0.39, 0.29) is 30.9 Å². The number of amides is 2. The summed E-state index contributed by atoms with van der Waals surface area (Å²) in [5, 5.41) is 14.6. The van der Waals surface area contributed by atoms with Gasteiger partial charge in [-0.2, -0.15) is 0 Å². The molecule has 0 aliphatic heterocycles. The fourth-order valence-electron chi connectivity index (χ4n) is 5.47. The minimum Gasteiger partial charge on any atom is -0.391 e. The molecule has 0 bridgehead atoms. The molecule has 1 aliphatic carbocycles. The Kier molecular flexibility index (Phi) is 11.0. The minimum atomic E-state index is -1.48. The number of nitrogens with one attached hydrogen (secondary N) is 1. The van der Waals surface area contributed by atoms with Crippen molar-refractivity contribution >= 4 is 11.8 Å². The fraction of sp³-hybridized carbons (Fsp3) is 0.467. The number of halogens is 2. The number of rotatable bonds is 14. The molecule has 8 nitrogen and oxygen atoms in total. The second kappa shape index (κ2) is 14.2. The summed E-state index contributed by atoms with van der Waals surface area (Å²) in [6, 6.07) is 3.12. The van der Waals surface area contributed by atoms with Crippen molar-refractivity contribution in [2.24, 2.45) is 17.1 Å². The lowest BCUT2D eigenvalue weighted by atomic mass is 9.63. The summed E-state index contributed by atoms with van der Waals surface area (Å²) >= 11 is 0. The average Bonchev–Trinajstić information content (AvgIpc) is 2.90. The molecule has 1 heterocycles. The van der Waals surface area contributed by atoms with Gasteiger partial charge in [-0.15, -0.1) is 0 Å². The lowest BCUT2D eigenvalue weighted by Crippen LogP contribution is -2.51. The standard InChI is InChI=1S/C30H39F2N5O3/c1-4-8-37(9-5-2)28(39)22-10-20(3)15-30(16-22,29(33)40)26(13-21-11-23(31)14-24(32)12-21)27(38)19-35-18-25-17-34-6-7-36-25/h6-7,10-12,14-15,17,26-27,35,38H,4-5,8-9,13,16,18-19H2,1-3H3,(H2,33,40)/t26-,27+,30?/m1/s1. The maximum absolute atomic E-state index is 14.1. The van der Waals surface area contributed by atoms with Crippen LogP contribution < -0.4 is 11.1 Å². The number of benzene rings is 1. The predicted molar refractivity (Wildman–Crippen MR) is 149 cm³/mol. The fourth-order valence-corrected chi connectivity index (χ4v) is 5.47. The number of aromatic nitrogens is 2. The Bertz CT molecular complexity index is 1210. The number of allylic oxidation sites excluding steroid dienone is 2. The highest BCUT2D eigenvalue weighted by molar-refractivity contribution is 5.96. The van der Waals surface area contributed by atoms with Crippen molar-refractivity contribution in [3.05, 3.63) is 83.0 Å². The first-order valence-corrected chi connectivity index (χ1v) is 13.7. The zero-order valence-corrected chi connectivity index (χ0v) is 23.4. The normalized spacial score (nSPS) is 18.4. The quantitative estimate of drug-likeness (QED) is 0.328. The van der Waals surface area contributed by atoms with Crippen molar-refractivity contribution < 1.29 is 23.5 Å². The van der Waals surface area contributed by atoms with Crippen LogP contribution in [0.15, 0.2) is 60.1 Å². The van der Waals surface area contributed by atoms with Crippen LogP contribution in [0.1, 0.15) is 51.3 Å². The minimum absolute atomic E-state index is 0.0335. The molecule has 1 aromatic heterocycles. The summed E-state index contributed by atoms with van der Waals surface area (Å²) in [6.07, 6.45) is 8.42. The molecule has 3 atom stereocenters. The van der Waals surface area contributed by atoms with E-state index in [0.29, 0.717) is 36.5 Å². The van der Waals surface area contributed by atoms with Gasteiger partial charge in [0.25, 0.3) is 0 Å². The average molecular weight is 556 g/mol. The molecule has 2 aromatic rings. The van der Waals surface area contributed by atoms with Gasteiger partial charge in [0.1, 0.15) is 11.6 Å². The van der Waals surface area contributed by atoms with Crippen molar-refractivity contribution in [1.82, 2.24) is 20.2 Å². The summed E-state index contributed by atoms with van der Waals surface area (Å²) in [4.78, 5) is 36.9. The first kappa shape index (κ1) is 31.0. The monoisotopic (exact) mass is 555 g/mol. The molecule has 1 aromatic carbocycles. The summed E-state index contributed by atoms with van der Waals surface area (Å²) in [7, 11) is 0. The van der Waals surface area contributed by atoms with Gasteiger partial charge in [-0.3, -0.25) is 19.6 Å². The van der Waals surface area contributed by atoms with Crippen LogP contribution in [0.4, 0.5) is 8.78 Å².